The number of hydrogen-bond donors (Lipinski definition) is 1. The molecule has 0 saturated carbocycles. The summed E-state index contributed by atoms with van der Waals surface area (Å²) in [5, 5.41) is 4.10. The number of para-hydroxylation sites is 2. The molecule has 1 amide bonds. The van der Waals surface area contributed by atoms with Crippen molar-refractivity contribution in [1.29, 1.82) is 0 Å². The summed E-state index contributed by atoms with van der Waals surface area (Å²) in [4.78, 5) is 12.5. The van der Waals surface area contributed by atoms with Crippen molar-refractivity contribution in [1.82, 2.24) is 4.57 Å². The second-order valence-corrected chi connectivity index (χ2v) is 6.77. The van der Waals surface area contributed by atoms with Gasteiger partial charge in [-0.05, 0) is 23.8 Å². The SMILES string of the molecule is O=C1Nc2ccccc2/C1=C/c1cn(Cc2ccccc2)c2ccccc12. The lowest BCUT2D eigenvalue weighted by Crippen LogP contribution is -2.03. The van der Waals surface area contributed by atoms with E-state index in [1.54, 1.807) is 0 Å². The molecule has 27 heavy (non-hydrogen) atoms. The van der Waals surface area contributed by atoms with E-state index < -0.39 is 0 Å². The van der Waals surface area contributed by atoms with Crippen molar-refractivity contribution in [3.05, 3.63) is 102 Å². The number of nitrogens with zero attached hydrogens (tertiary/aromatic N) is 1. The Kier molecular flexibility index (Phi) is 3.65. The fourth-order valence-electron chi connectivity index (χ4n) is 3.74. The summed E-state index contributed by atoms with van der Waals surface area (Å²) in [5.74, 6) is -0.0453. The highest BCUT2D eigenvalue weighted by molar-refractivity contribution is 6.35. The topological polar surface area (TPSA) is 34.0 Å². The Morgan fingerprint density at radius 3 is 2.48 bits per heavy atom. The lowest BCUT2D eigenvalue weighted by Gasteiger charge is -2.05. The molecule has 0 unspecified atom stereocenters. The number of anilines is 1. The van der Waals surface area contributed by atoms with E-state index in [1.165, 1.54) is 11.1 Å². The van der Waals surface area contributed by atoms with Gasteiger partial charge < -0.3 is 9.88 Å². The van der Waals surface area contributed by atoms with E-state index >= 15 is 0 Å². The van der Waals surface area contributed by atoms with Crippen molar-refractivity contribution in [3.63, 3.8) is 0 Å². The molecule has 0 bridgehead atoms. The number of rotatable bonds is 3. The molecule has 1 aliphatic rings. The molecule has 0 spiro atoms. The molecule has 130 valence electrons. The lowest BCUT2D eigenvalue weighted by atomic mass is 10.0. The predicted octanol–water partition coefficient (Wildman–Crippen LogP) is 5.18. The van der Waals surface area contributed by atoms with E-state index in [1.807, 2.05) is 42.5 Å². The normalized spacial score (nSPS) is 14.5. The second-order valence-electron chi connectivity index (χ2n) is 6.77. The first kappa shape index (κ1) is 15.6. The van der Waals surface area contributed by atoms with Gasteiger partial charge in [0, 0.05) is 46.0 Å². The Labute approximate surface area is 157 Å². The predicted molar refractivity (Wildman–Crippen MR) is 110 cm³/mol. The molecule has 1 aliphatic heterocycles. The number of carbonyl (C=O) groups excluding carboxylic acids is 1. The van der Waals surface area contributed by atoms with Crippen molar-refractivity contribution in [2.75, 3.05) is 5.32 Å². The van der Waals surface area contributed by atoms with Gasteiger partial charge in [-0.1, -0.05) is 66.7 Å². The molecule has 1 aromatic heterocycles. The molecular formula is C24H18N2O. The molecule has 2 heterocycles. The average Bonchev–Trinajstić information content (AvgIpc) is 3.21. The largest absolute Gasteiger partial charge is 0.342 e. The van der Waals surface area contributed by atoms with Crippen LogP contribution in [0.1, 0.15) is 16.7 Å². The molecule has 0 radical (unpaired) electrons. The van der Waals surface area contributed by atoms with Gasteiger partial charge in [0.1, 0.15) is 0 Å². The summed E-state index contributed by atoms with van der Waals surface area (Å²) >= 11 is 0. The van der Waals surface area contributed by atoms with Crippen molar-refractivity contribution in [2.24, 2.45) is 0 Å². The summed E-state index contributed by atoms with van der Waals surface area (Å²) in [6.07, 6.45) is 4.14. The Morgan fingerprint density at radius 1 is 0.852 bits per heavy atom. The molecule has 4 aromatic rings. The monoisotopic (exact) mass is 350 g/mol. The molecular weight excluding hydrogens is 332 g/mol. The van der Waals surface area contributed by atoms with Gasteiger partial charge in [0.15, 0.2) is 0 Å². The fraction of sp³-hybridized carbons (Fsp3) is 0.0417. The first-order chi connectivity index (χ1) is 13.3. The Hall–Kier alpha value is -3.59. The van der Waals surface area contributed by atoms with Crippen molar-refractivity contribution in [2.45, 2.75) is 6.54 Å². The number of hydrogen-bond acceptors (Lipinski definition) is 1. The molecule has 3 heteroatoms. The molecule has 1 N–H and O–H groups in total. The maximum Gasteiger partial charge on any atom is 0.256 e. The lowest BCUT2D eigenvalue weighted by molar-refractivity contribution is -0.110. The minimum Gasteiger partial charge on any atom is -0.342 e. The van der Waals surface area contributed by atoms with E-state index in [9.17, 15) is 4.79 Å². The summed E-state index contributed by atoms with van der Waals surface area (Å²) in [5.41, 5.74) is 6.03. The van der Waals surface area contributed by atoms with Crippen LogP contribution in [-0.2, 0) is 11.3 Å². The number of carbonyl (C=O) groups is 1. The van der Waals surface area contributed by atoms with Gasteiger partial charge in [0.25, 0.3) is 5.91 Å². The smallest absolute Gasteiger partial charge is 0.256 e. The van der Waals surface area contributed by atoms with Crippen molar-refractivity contribution >= 4 is 34.1 Å². The Morgan fingerprint density at radius 2 is 1.59 bits per heavy atom. The van der Waals surface area contributed by atoms with E-state index in [2.05, 4.69) is 58.5 Å². The van der Waals surface area contributed by atoms with E-state index in [0.29, 0.717) is 5.57 Å². The first-order valence-corrected chi connectivity index (χ1v) is 9.04. The van der Waals surface area contributed by atoms with Gasteiger partial charge in [-0.15, -0.1) is 0 Å². The number of fused-ring (bicyclic) bond motifs is 2. The maximum atomic E-state index is 12.5. The van der Waals surface area contributed by atoms with Gasteiger partial charge >= 0.3 is 0 Å². The Bertz CT molecular complexity index is 1190. The van der Waals surface area contributed by atoms with Gasteiger partial charge in [0.05, 0.1) is 0 Å². The molecule has 0 atom stereocenters. The van der Waals surface area contributed by atoms with Crippen LogP contribution >= 0.6 is 0 Å². The minimum atomic E-state index is -0.0453. The Balaban J connectivity index is 1.63. The zero-order chi connectivity index (χ0) is 18.2. The maximum absolute atomic E-state index is 12.5. The highest BCUT2D eigenvalue weighted by atomic mass is 16.2. The van der Waals surface area contributed by atoms with Gasteiger partial charge in [-0.3, -0.25) is 4.79 Å². The van der Waals surface area contributed by atoms with Crippen LogP contribution in [0.25, 0.3) is 22.6 Å². The molecule has 3 nitrogen and oxygen atoms in total. The quantitative estimate of drug-likeness (QED) is 0.507. The second kappa shape index (κ2) is 6.29. The van der Waals surface area contributed by atoms with Crippen LogP contribution in [0.3, 0.4) is 0 Å². The average molecular weight is 350 g/mol. The van der Waals surface area contributed by atoms with E-state index in [4.69, 9.17) is 0 Å². The van der Waals surface area contributed by atoms with Crippen molar-refractivity contribution in [3.8, 4) is 0 Å². The third kappa shape index (κ3) is 2.74. The molecule has 3 aromatic carbocycles. The van der Waals surface area contributed by atoms with Crippen LogP contribution in [-0.4, -0.2) is 10.5 Å². The summed E-state index contributed by atoms with van der Waals surface area (Å²) in [6.45, 7) is 0.799. The van der Waals surface area contributed by atoms with Gasteiger partial charge in [-0.25, -0.2) is 0 Å². The molecule has 0 aliphatic carbocycles. The molecule has 0 saturated heterocycles. The summed E-state index contributed by atoms with van der Waals surface area (Å²) in [7, 11) is 0. The van der Waals surface area contributed by atoms with Crippen LogP contribution < -0.4 is 5.32 Å². The molecule has 5 rings (SSSR count). The first-order valence-electron chi connectivity index (χ1n) is 9.04. The van der Waals surface area contributed by atoms with Crippen LogP contribution in [0.5, 0.6) is 0 Å². The van der Waals surface area contributed by atoms with E-state index in [-0.39, 0.29) is 5.91 Å². The fourth-order valence-corrected chi connectivity index (χ4v) is 3.74. The summed E-state index contributed by atoms with van der Waals surface area (Å²) in [6, 6.07) is 26.6. The summed E-state index contributed by atoms with van der Waals surface area (Å²) < 4.78 is 2.25. The molecule has 0 fully saturated rings. The highest BCUT2D eigenvalue weighted by Crippen LogP contribution is 2.34. The van der Waals surface area contributed by atoms with Crippen molar-refractivity contribution < 1.29 is 4.79 Å². The number of aromatic nitrogens is 1. The minimum absolute atomic E-state index is 0.0453. The van der Waals surface area contributed by atoms with Gasteiger partial charge in [0.2, 0.25) is 0 Å². The number of amides is 1. The van der Waals surface area contributed by atoms with Crippen LogP contribution in [0, 0.1) is 0 Å². The number of nitrogens with one attached hydrogen (secondary N) is 1. The van der Waals surface area contributed by atoms with Crippen LogP contribution in [0.15, 0.2) is 85.1 Å². The van der Waals surface area contributed by atoms with E-state index in [0.717, 1.165) is 28.7 Å². The van der Waals surface area contributed by atoms with Gasteiger partial charge in [-0.2, -0.15) is 0 Å². The number of benzene rings is 3. The zero-order valence-electron chi connectivity index (χ0n) is 14.7. The zero-order valence-corrected chi connectivity index (χ0v) is 14.7. The third-order valence-electron chi connectivity index (χ3n) is 5.03. The van der Waals surface area contributed by atoms with Crippen LogP contribution in [0.4, 0.5) is 5.69 Å². The standard InChI is InChI=1S/C24H18N2O/c27-24-21(20-11-4-6-12-22(20)25-24)14-18-16-26(15-17-8-2-1-3-9-17)23-13-7-5-10-19(18)23/h1-14,16H,15H2,(H,25,27)/b21-14-. The third-order valence-corrected chi connectivity index (χ3v) is 5.03. The van der Waals surface area contributed by atoms with Crippen LogP contribution in [0.2, 0.25) is 0 Å². The highest BCUT2D eigenvalue weighted by Gasteiger charge is 2.23.